The number of hydrogen-bond acceptors (Lipinski definition) is 10. The fourth-order valence-corrected chi connectivity index (χ4v) is 16.1. The molecule has 0 aliphatic rings. The molecule has 1 unspecified atom stereocenters. The fraction of sp³-hybridized carbons (Fsp3) is 0.0968. The molecule has 0 heterocycles. The van der Waals surface area contributed by atoms with E-state index in [2.05, 4.69) is 4.74 Å². The first-order valence-corrected chi connectivity index (χ1v) is 25.2. The molecule has 4 aromatic rings. The minimum Gasteiger partial charge on any atom is -0.441 e. The van der Waals surface area contributed by atoms with E-state index >= 15 is 0 Å². The van der Waals surface area contributed by atoms with Gasteiger partial charge in [-0.2, -0.15) is 30.4 Å². The van der Waals surface area contributed by atoms with Crippen molar-refractivity contribution in [3.05, 3.63) is 103 Å². The number of halogens is 14. The van der Waals surface area contributed by atoms with Crippen LogP contribution in [0.5, 0.6) is 17.2 Å². The van der Waals surface area contributed by atoms with E-state index in [1.807, 2.05) is 158 Å². The van der Waals surface area contributed by atoms with E-state index in [-0.39, 0.29) is 17.2 Å². The molecule has 1 N–H and O–H groups in total. The van der Waals surface area contributed by atoms with Gasteiger partial charge in [0.05, 0.1) is 43.7 Å². The molecule has 0 radical (unpaired) electrons. The van der Waals surface area contributed by atoms with Crippen LogP contribution in [-0.2, 0) is 14.9 Å². The molecule has 57 heavy (non-hydrogen) atoms. The molecule has 0 aliphatic heterocycles. The highest BCUT2D eigenvalue weighted by atomic mass is 127. The lowest BCUT2D eigenvalue weighted by molar-refractivity contribution is -0.248. The van der Waals surface area contributed by atoms with E-state index in [1.54, 1.807) is 81.6 Å². The first kappa shape index (κ1) is 50.5. The van der Waals surface area contributed by atoms with Gasteiger partial charge in [0.2, 0.25) is 0 Å². The summed E-state index contributed by atoms with van der Waals surface area (Å²) in [7, 11) is -6.88. The SMILES string of the molecule is O=C(Oc1c(I)cc(I)cc1I)c1cc(C(=O)Oc2c(I)cc(I)cc2I)c(C(=O)OC(C(F)(F)F)C(F)(F)S(=O)(=O)O)cc1C(=O)Oc1c(I)cc(I)cc1I. The highest BCUT2D eigenvalue weighted by Crippen LogP contribution is 2.40. The average Bonchev–Trinajstić information content (AvgIpc) is 3.06. The van der Waals surface area contributed by atoms with Crippen molar-refractivity contribution in [1.29, 1.82) is 0 Å². The third-order valence-electron chi connectivity index (χ3n) is 6.68. The van der Waals surface area contributed by atoms with Crippen LogP contribution >= 0.6 is 203 Å². The van der Waals surface area contributed by atoms with Crippen molar-refractivity contribution >= 4 is 237 Å². The van der Waals surface area contributed by atoms with Crippen molar-refractivity contribution in [3.63, 3.8) is 0 Å². The summed E-state index contributed by atoms with van der Waals surface area (Å²) in [6.07, 6.45) is -11.2. The van der Waals surface area contributed by atoms with Gasteiger partial charge in [0.25, 0.3) is 6.10 Å². The quantitative estimate of drug-likeness (QED) is 0.0529. The summed E-state index contributed by atoms with van der Waals surface area (Å²) in [5.41, 5.74) is -4.25. The lowest BCUT2D eigenvalue weighted by atomic mass is 9.97. The Balaban J connectivity index is 2.03. The predicted molar refractivity (Wildman–Crippen MR) is 267 cm³/mol. The third kappa shape index (κ3) is 12.3. The van der Waals surface area contributed by atoms with E-state index in [4.69, 9.17) is 18.8 Å². The average molecular weight is 1830 g/mol. The Morgan fingerprint density at radius 1 is 0.491 bits per heavy atom. The molecule has 304 valence electrons. The highest BCUT2D eigenvalue weighted by Gasteiger charge is 2.66. The number of benzene rings is 4. The number of hydrogen-bond donors (Lipinski definition) is 1. The fourth-order valence-electron chi connectivity index (χ4n) is 4.23. The van der Waals surface area contributed by atoms with Crippen molar-refractivity contribution in [1.82, 2.24) is 0 Å². The molecule has 0 amide bonds. The summed E-state index contributed by atoms with van der Waals surface area (Å²) < 4.78 is 128. The summed E-state index contributed by atoms with van der Waals surface area (Å²) in [6, 6.07) is 10.5. The van der Waals surface area contributed by atoms with Crippen molar-refractivity contribution < 1.29 is 73.0 Å². The van der Waals surface area contributed by atoms with Crippen LogP contribution in [0.3, 0.4) is 0 Å². The van der Waals surface area contributed by atoms with Crippen molar-refractivity contribution in [2.75, 3.05) is 0 Å². The van der Waals surface area contributed by atoms with E-state index in [9.17, 15) is 49.5 Å². The number of alkyl halides is 5. The maximum Gasteiger partial charge on any atom is 0.432 e. The normalized spacial score (nSPS) is 12.5. The van der Waals surface area contributed by atoms with Crippen LogP contribution in [-0.4, -0.2) is 54.4 Å². The second-order valence-electron chi connectivity index (χ2n) is 10.6. The second kappa shape index (κ2) is 20.2. The van der Waals surface area contributed by atoms with Gasteiger partial charge in [-0.3, -0.25) is 4.55 Å². The van der Waals surface area contributed by atoms with Crippen molar-refractivity contribution in [2.45, 2.75) is 17.5 Å². The van der Waals surface area contributed by atoms with Gasteiger partial charge in [0, 0.05) is 10.7 Å². The Hall–Kier alpha value is 0.890. The number of carbonyl (C=O) groups excluding carboxylic acids is 4. The van der Waals surface area contributed by atoms with Gasteiger partial charge < -0.3 is 18.9 Å². The lowest BCUT2D eigenvalue weighted by Crippen LogP contribution is -2.52. The van der Waals surface area contributed by atoms with Crippen LogP contribution in [0.2, 0.25) is 0 Å². The van der Waals surface area contributed by atoms with Crippen molar-refractivity contribution in [3.8, 4) is 17.2 Å². The molecule has 0 spiro atoms. The molecule has 11 nitrogen and oxygen atoms in total. The summed E-state index contributed by atoms with van der Waals surface area (Å²) >= 11 is 16.9. The molecular formula is C31H10F5I9O11S. The minimum atomic E-state index is -6.88. The van der Waals surface area contributed by atoms with E-state index < -0.39 is 73.8 Å². The molecule has 0 aromatic heterocycles. The van der Waals surface area contributed by atoms with Crippen LogP contribution in [0.15, 0.2) is 48.5 Å². The Kier molecular flexibility index (Phi) is 17.9. The molecule has 4 aromatic carbocycles. The van der Waals surface area contributed by atoms with Gasteiger partial charge in [-0.1, -0.05) is 0 Å². The van der Waals surface area contributed by atoms with Gasteiger partial charge in [-0.15, -0.1) is 0 Å². The molecule has 0 fully saturated rings. The first-order chi connectivity index (χ1) is 26.1. The predicted octanol–water partition coefficient (Wildman–Crippen LogP) is 11.4. The van der Waals surface area contributed by atoms with Crippen LogP contribution in [0.1, 0.15) is 41.4 Å². The van der Waals surface area contributed by atoms with Crippen LogP contribution in [0, 0.1) is 32.1 Å². The van der Waals surface area contributed by atoms with E-state index in [1.165, 1.54) is 0 Å². The van der Waals surface area contributed by atoms with Crippen LogP contribution < -0.4 is 14.2 Å². The summed E-state index contributed by atoms with van der Waals surface area (Å²) in [6.45, 7) is 0. The third-order valence-corrected chi connectivity index (χ3v) is 14.3. The van der Waals surface area contributed by atoms with Gasteiger partial charge in [0.15, 0.2) is 17.2 Å². The van der Waals surface area contributed by atoms with E-state index in [0.717, 1.165) is 7.14 Å². The summed E-state index contributed by atoms with van der Waals surface area (Å²) in [5, 5.41) is -6.17. The Morgan fingerprint density at radius 2 is 0.737 bits per heavy atom. The monoisotopic (exact) mass is 1830 g/mol. The molecular weight excluding hydrogens is 1820 g/mol. The summed E-state index contributed by atoms with van der Waals surface area (Å²) in [4.78, 5) is 55.5. The van der Waals surface area contributed by atoms with E-state index in [0.29, 0.717) is 37.1 Å². The first-order valence-electron chi connectivity index (χ1n) is 14.0. The maximum atomic E-state index is 14.6. The number of esters is 4. The maximum absolute atomic E-state index is 14.6. The number of carbonyl (C=O) groups is 4. The smallest absolute Gasteiger partial charge is 0.432 e. The molecule has 1 atom stereocenters. The van der Waals surface area contributed by atoms with Gasteiger partial charge in [-0.05, 0) is 252 Å². The number of ether oxygens (including phenoxy) is 4. The Labute approximate surface area is 440 Å². The molecule has 0 bridgehead atoms. The zero-order valence-electron chi connectivity index (χ0n) is 26.4. The number of rotatable bonds is 10. The Morgan fingerprint density at radius 3 is 0.965 bits per heavy atom. The largest absolute Gasteiger partial charge is 0.441 e. The Bertz CT molecular complexity index is 2400. The lowest BCUT2D eigenvalue weighted by Gasteiger charge is -2.26. The van der Waals surface area contributed by atoms with Gasteiger partial charge >= 0.3 is 45.4 Å². The van der Waals surface area contributed by atoms with Crippen LogP contribution in [0.4, 0.5) is 22.0 Å². The van der Waals surface area contributed by atoms with Gasteiger partial charge in [-0.25, -0.2) is 19.2 Å². The molecule has 0 saturated heterocycles. The highest BCUT2D eigenvalue weighted by molar-refractivity contribution is 14.1. The van der Waals surface area contributed by atoms with Crippen molar-refractivity contribution in [2.24, 2.45) is 0 Å². The van der Waals surface area contributed by atoms with Crippen LogP contribution in [0.25, 0.3) is 0 Å². The second-order valence-corrected chi connectivity index (χ2v) is 22.8. The zero-order valence-corrected chi connectivity index (χ0v) is 46.7. The summed E-state index contributed by atoms with van der Waals surface area (Å²) in [5.74, 6) is -7.04. The standard InChI is InChI=1S/C31H10F5I9O11S/c32-30(33,34)29(31(35,36)57(50,51)52)56-28(49)15-8-13(26(47)54-23-18(42)3-10(38)4-19(23)43)12(25(46)53-22-16(40)1-9(37)2-17(22)41)7-14(15)27(48)55-24-20(44)5-11(39)6-21(24)45/h1-8,29H,(H,50,51,52). The topological polar surface area (TPSA) is 160 Å². The molecule has 0 aliphatic carbocycles. The molecule has 26 heteroatoms. The molecule has 4 rings (SSSR count). The van der Waals surface area contributed by atoms with Gasteiger partial charge in [0.1, 0.15) is 0 Å². The zero-order chi connectivity index (χ0) is 43.1. The minimum absolute atomic E-state index is 0.0151. The molecule has 0 saturated carbocycles.